The van der Waals surface area contributed by atoms with Crippen molar-refractivity contribution in [1.82, 2.24) is 4.90 Å². The summed E-state index contributed by atoms with van der Waals surface area (Å²) in [6, 6.07) is 20.9. The monoisotopic (exact) mass is 699 g/mol. The predicted molar refractivity (Wildman–Crippen MR) is 186 cm³/mol. The van der Waals surface area contributed by atoms with Gasteiger partial charge in [-0.3, -0.25) is 14.4 Å². The molecule has 3 aromatic rings. The average molecular weight is 701 g/mol. The Hall–Kier alpha value is -3.79. The van der Waals surface area contributed by atoms with E-state index >= 15 is 0 Å². The Kier molecular flexibility index (Phi) is 9.96. The number of benzene rings is 3. The van der Waals surface area contributed by atoms with Gasteiger partial charge >= 0.3 is 0 Å². The summed E-state index contributed by atoms with van der Waals surface area (Å²) in [5.74, 6) is -1.06. The van der Waals surface area contributed by atoms with Crippen molar-refractivity contribution < 1.29 is 24.6 Å². The van der Waals surface area contributed by atoms with Gasteiger partial charge in [0.1, 0.15) is 0 Å². The van der Waals surface area contributed by atoms with E-state index in [1.54, 1.807) is 34.9 Å². The molecule has 3 aromatic carbocycles. The summed E-state index contributed by atoms with van der Waals surface area (Å²) < 4.78 is 0.744. The number of anilines is 2. The van der Waals surface area contributed by atoms with Gasteiger partial charge in [0.2, 0.25) is 11.8 Å². The number of nitrogens with zero attached hydrogens (tertiary/aromatic N) is 3. The van der Waals surface area contributed by atoms with E-state index in [-0.39, 0.29) is 37.4 Å². The number of amides is 3. The zero-order valence-electron chi connectivity index (χ0n) is 26.8. The molecule has 0 unspecified atom stereocenters. The van der Waals surface area contributed by atoms with Crippen LogP contribution in [0.25, 0.3) is 0 Å². The Bertz CT molecular complexity index is 1690. The standard InChI is InChI=1S/C38H42BrN3O5/c1-26(10-8-16-36(45)41-24-29-13-6-5-12-28(29)21-32(41)25-43)38(47)33-22-30(39)17-18-34(33)42(37(38)46)23-27-11-9-14-31(20-27)40-19-7-3-2-4-15-35(40)44/h5-6,8-14,17-18,20,22,26,32,43,47H,2-4,7,15-16,19,21,23-25H2,1H3/b10-8+/t26-,32+,38+/m1/s1. The van der Waals surface area contributed by atoms with Crippen LogP contribution in [0.4, 0.5) is 11.4 Å². The minimum absolute atomic E-state index is 0.0876. The van der Waals surface area contributed by atoms with Crippen LogP contribution in [-0.4, -0.2) is 52.0 Å². The van der Waals surface area contributed by atoms with E-state index in [4.69, 9.17) is 0 Å². The molecule has 6 rings (SSSR count). The largest absolute Gasteiger partial charge is 0.394 e. The number of aliphatic hydroxyl groups is 2. The first-order valence-electron chi connectivity index (χ1n) is 16.6. The number of hydrogen-bond acceptors (Lipinski definition) is 5. The van der Waals surface area contributed by atoms with Gasteiger partial charge in [0.05, 0.1) is 24.9 Å². The molecular formula is C38H42BrN3O5. The maximum Gasteiger partial charge on any atom is 0.264 e. The first-order chi connectivity index (χ1) is 22.7. The minimum Gasteiger partial charge on any atom is -0.394 e. The van der Waals surface area contributed by atoms with Crippen molar-refractivity contribution in [3.63, 3.8) is 0 Å². The van der Waals surface area contributed by atoms with Crippen molar-refractivity contribution in [3.05, 3.63) is 106 Å². The van der Waals surface area contributed by atoms with E-state index in [9.17, 15) is 24.6 Å². The number of aliphatic hydroxyl groups excluding tert-OH is 1. The van der Waals surface area contributed by atoms with Crippen LogP contribution in [0.2, 0.25) is 0 Å². The quantitative estimate of drug-likeness (QED) is 0.281. The topological polar surface area (TPSA) is 101 Å². The number of halogens is 1. The van der Waals surface area contributed by atoms with Crippen LogP contribution in [-0.2, 0) is 39.5 Å². The van der Waals surface area contributed by atoms with Crippen LogP contribution in [0.3, 0.4) is 0 Å². The normalized spacial score (nSPS) is 22.2. The Morgan fingerprint density at radius 2 is 1.81 bits per heavy atom. The van der Waals surface area contributed by atoms with Crippen LogP contribution >= 0.6 is 15.9 Å². The molecule has 47 heavy (non-hydrogen) atoms. The molecule has 8 nitrogen and oxygen atoms in total. The highest BCUT2D eigenvalue weighted by molar-refractivity contribution is 9.10. The van der Waals surface area contributed by atoms with Crippen molar-refractivity contribution in [2.45, 2.75) is 76.6 Å². The molecule has 0 spiro atoms. The molecule has 246 valence electrons. The smallest absolute Gasteiger partial charge is 0.264 e. The zero-order chi connectivity index (χ0) is 33.1. The highest BCUT2D eigenvalue weighted by Gasteiger charge is 2.52. The Balaban J connectivity index is 1.20. The van der Waals surface area contributed by atoms with Gasteiger partial charge in [0, 0.05) is 47.6 Å². The molecule has 2 N–H and O–H groups in total. The number of fused-ring (bicyclic) bond motifs is 2. The van der Waals surface area contributed by atoms with Gasteiger partial charge in [-0.05, 0) is 66.3 Å². The van der Waals surface area contributed by atoms with Crippen molar-refractivity contribution in [3.8, 4) is 0 Å². The first kappa shape index (κ1) is 33.1. The third-order valence-corrected chi connectivity index (χ3v) is 10.4. The second-order valence-electron chi connectivity index (χ2n) is 13.0. The van der Waals surface area contributed by atoms with E-state index in [1.807, 2.05) is 65.6 Å². The molecule has 0 saturated carbocycles. The molecular weight excluding hydrogens is 658 g/mol. The summed E-state index contributed by atoms with van der Waals surface area (Å²) in [6.45, 7) is 3.02. The lowest BCUT2D eigenvalue weighted by molar-refractivity contribution is -0.139. The highest BCUT2D eigenvalue weighted by Crippen LogP contribution is 2.47. The van der Waals surface area contributed by atoms with Crippen LogP contribution in [0.5, 0.6) is 0 Å². The van der Waals surface area contributed by atoms with Crippen molar-refractivity contribution in [2.24, 2.45) is 5.92 Å². The molecule has 1 fully saturated rings. The van der Waals surface area contributed by atoms with E-state index in [1.165, 1.54) is 0 Å². The highest BCUT2D eigenvalue weighted by atomic mass is 79.9. The lowest BCUT2D eigenvalue weighted by Crippen LogP contribution is -2.46. The summed E-state index contributed by atoms with van der Waals surface area (Å²) in [7, 11) is 0. The van der Waals surface area contributed by atoms with Crippen molar-refractivity contribution >= 4 is 45.0 Å². The molecule has 3 aliphatic heterocycles. The fraction of sp³-hybridized carbons (Fsp3) is 0.395. The van der Waals surface area contributed by atoms with Crippen molar-refractivity contribution in [1.29, 1.82) is 0 Å². The molecule has 0 bridgehead atoms. The summed E-state index contributed by atoms with van der Waals surface area (Å²) in [5.41, 5.74) is 3.20. The minimum atomic E-state index is -1.84. The molecule has 0 radical (unpaired) electrons. The average Bonchev–Trinajstić information content (AvgIpc) is 3.27. The van der Waals surface area contributed by atoms with Gasteiger partial charge < -0.3 is 24.9 Å². The second-order valence-corrected chi connectivity index (χ2v) is 13.9. The van der Waals surface area contributed by atoms with Gasteiger partial charge in [-0.2, -0.15) is 0 Å². The lowest BCUT2D eigenvalue weighted by Gasteiger charge is -2.36. The summed E-state index contributed by atoms with van der Waals surface area (Å²) in [5, 5.41) is 22.2. The van der Waals surface area contributed by atoms with Crippen LogP contribution in [0.15, 0.2) is 83.4 Å². The number of carbonyl (C=O) groups is 3. The first-order valence-corrected chi connectivity index (χ1v) is 17.4. The van der Waals surface area contributed by atoms with Crippen LogP contribution < -0.4 is 9.80 Å². The number of carbonyl (C=O) groups excluding carboxylic acids is 3. The lowest BCUT2D eigenvalue weighted by atomic mass is 9.83. The molecule has 3 aliphatic rings. The van der Waals surface area contributed by atoms with Gasteiger partial charge in [0.25, 0.3) is 5.91 Å². The number of hydrogen-bond donors (Lipinski definition) is 2. The fourth-order valence-electron chi connectivity index (χ4n) is 7.19. The third-order valence-electron chi connectivity index (χ3n) is 9.88. The summed E-state index contributed by atoms with van der Waals surface area (Å²) >= 11 is 3.52. The summed E-state index contributed by atoms with van der Waals surface area (Å²) in [4.78, 5) is 45.6. The Morgan fingerprint density at radius 1 is 1.02 bits per heavy atom. The SMILES string of the molecule is C[C@H](/C=C/CC(=O)N1Cc2ccccc2C[C@H]1CO)[C@@]1(O)C(=O)N(Cc2cccc(N3CCCCCCC3=O)c2)c2ccc(Br)cc21. The van der Waals surface area contributed by atoms with Gasteiger partial charge in [-0.1, -0.05) is 84.2 Å². The van der Waals surface area contributed by atoms with Crippen LogP contribution in [0, 0.1) is 5.92 Å². The molecule has 3 heterocycles. The third kappa shape index (κ3) is 6.66. The fourth-order valence-corrected chi connectivity index (χ4v) is 7.55. The Morgan fingerprint density at radius 3 is 2.62 bits per heavy atom. The van der Waals surface area contributed by atoms with Gasteiger partial charge in [-0.15, -0.1) is 0 Å². The molecule has 0 aromatic heterocycles. The molecule has 3 amide bonds. The molecule has 3 atom stereocenters. The van der Waals surface area contributed by atoms with E-state index < -0.39 is 17.4 Å². The Labute approximate surface area is 284 Å². The molecule has 9 heteroatoms. The van der Waals surface area contributed by atoms with Gasteiger partial charge in [0.15, 0.2) is 5.60 Å². The predicted octanol–water partition coefficient (Wildman–Crippen LogP) is 6.01. The van der Waals surface area contributed by atoms with Crippen molar-refractivity contribution in [2.75, 3.05) is 23.0 Å². The summed E-state index contributed by atoms with van der Waals surface area (Å²) in [6.07, 6.45) is 8.73. The molecule has 0 aliphatic carbocycles. The van der Waals surface area contributed by atoms with Gasteiger partial charge in [-0.25, -0.2) is 0 Å². The van der Waals surface area contributed by atoms with E-state index in [0.29, 0.717) is 37.2 Å². The van der Waals surface area contributed by atoms with E-state index in [2.05, 4.69) is 15.9 Å². The zero-order valence-corrected chi connectivity index (χ0v) is 28.4. The second kappa shape index (κ2) is 14.1. The maximum absolute atomic E-state index is 14.2. The number of rotatable bonds is 8. The van der Waals surface area contributed by atoms with Crippen LogP contribution in [0.1, 0.15) is 67.7 Å². The maximum atomic E-state index is 14.2. The van der Waals surface area contributed by atoms with E-state index in [0.717, 1.165) is 52.5 Å². The molecule has 1 saturated heterocycles.